The summed E-state index contributed by atoms with van der Waals surface area (Å²) in [6.45, 7) is 4.95. The summed E-state index contributed by atoms with van der Waals surface area (Å²) in [5, 5.41) is 3.87. The molecule has 4 heteroatoms. The van der Waals surface area contributed by atoms with Gasteiger partial charge in [-0.3, -0.25) is 0 Å². The molecule has 0 saturated carbocycles. The third-order valence-corrected chi connectivity index (χ3v) is 3.11. The molecule has 88 valence electrons. The van der Waals surface area contributed by atoms with Crippen molar-refractivity contribution in [1.82, 2.24) is 5.32 Å². The van der Waals surface area contributed by atoms with Gasteiger partial charge >= 0.3 is 0 Å². The molecule has 2 rings (SSSR count). The molecule has 1 aliphatic rings. The summed E-state index contributed by atoms with van der Waals surface area (Å²) in [5.74, 6) is -0.269. The number of nitrogens with one attached hydrogen (secondary N) is 1. The zero-order chi connectivity index (χ0) is 11.5. The van der Waals surface area contributed by atoms with Crippen molar-refractivity contribution in [2.75, 3.05) is 24.5 Å². The molecule has 1 aliphatic heterocycles. The van der Waals surface area contributed by atoms with E-state index in [1.165, 1.54) is 6.07 Å². The zero-order valence-corrected chi connectivity index (χ0v) is 10.1. The highest BCUT2D eigenvalue weighted by Gasteiger charge is 2.22. The number of benzene rings is 1. The summed E-state index contributed by atoms with van der Waals surface area (Å²) in [6.07, 6.45) is 1.10. The number of likely N-dealkylation sites (N-methyl/N-ethyl adjacent to an activating group) is 1. The fraction of sp³-hybridized carbons (Fsp3) is 0.500. The molecule has 0 aliphatic carbocycles. The Balaban J connectivity index is 2.08. The van der Waals surface area contributed by atoms with Gasteiger partial charge in [0, 0.05) is 29.8 Å². The van der Waals surface area contributed by atoms with Gasteiger partial charge in [-0.1, -0.05) is 18.5 Å². The summed E-state index contributed by atoms with van der Waals surface area (Å²) in [7, 11) is 0. The lowest BCUT2D eigenvalue weighted by Gasteiger charge is -2.19. The average Bonchev–Trinajstić information content (AvgIpc) is 2.65. The monoisotopic (exact) mass is 242 g/mol. The van der Waals surface area contributed by atoms with Crippen LogP contribution in [-0.4, -0.2) is 25.7 Å². The van der Waals surface area contributed by atoms with E-state index in [1.54, 1.807) is 6.07 Å². The number of hydrogen-bond acceptors (Lipinski definition) is 2. The Bertz CT molecular complexity index is 350. The molecule has 1 fully saturated rings. The molecule has 1 atom stereocenters. The molecule has 0 bridgehead atoms. The number of hydrogen-bond donors (Lipinski definition) is 1. The number of anilines is 1. The van der Waals surface area contributed by atoms with Crippen molar-refractivity contribution in [1.29, 1.82) is 0 Å². The molecule has 2 nitrogen and oxygen atoms in total. The fourth-order valence-corrected chi connectivity index (χ4v) is 2.39. The number of nitrogens with zero attached hydrogens (tertiary/aromatic N) is 1. The molecular weight excluding hydrogens is 227 g/mol. The van der Waals surface area contributed by atoms with Crippen molar-refractivity contribution in [2.24, 2.45) is 0 Å². The fourth-order valence-electron chi connectivity index (χ4n) is 2.17. The number of rotatable bonds is 3. The van der Waals surface area contributed by atoms with Gasteiger partial charge in [0.15, 0.2) is 0 Å². The molecule has 1 aromatic carbocycles. The highest BCUT2D eigenvalue weighted by Crippen LogP contribution is 2.25. The van der Waals surface area contributed by atoms with E-state index in [2.05, 4.69) is 17.1 Å². The molecule has 0 spiro atoms. The molecule has 16 heavy (non-hydrogen) atoms. The maximum atomic E-state index is 13.2. The summed E-state index contributed by atoms with van der Waals surface area (Å²) < 4.78 is 13.2. The smallest absolute Gasteiger partial charge is 0.126 e. The molecule has 1 aromatic rings. The van der Waals surface area contributed by atoms with Crippen LogP contribution >= 0.6 is 11.6 Å². The van der Waals surface area contributed by atoms with Gasteiger partial charge in [-0.15, -0.1) is 0 Å². The standard InChI is InChI=1S/C12H16ClFN2/c1-2-15-11-3-4-16(8-11)12-6-9(13)5-10(14)7-12/h5-7,11,15H,2-4,8H2,1H3. The van der Waals surface area contributed by atoms with E-state index in [1.807, 2.05) is 6.07 Å². The van der Waals surface area contributed by atoms with E-state index >= 15 is 0 Å². The van der Waals surface area contributed by atoms with Gasteiger partial charge in [0.1, 0.15) is 5.82 Å². The van der Waals surface area contributed by atoms with Gasteiger partial charge in [0.05, 0.1) is 0 Å². The molecule has 1 heterocycles. The Morgan fingerprint density at radius 3 is 3.00 bits per heavy atom. The van der Waals surface area contributed by atoms with E-state index in [9.17, 15) is 4.39 Å². The van der Waals surface area contributed by atoms with Gasteiger partial charge in [-0.25, -0.2) is 4.39 Å². The minimum atomic E-state index is -0.269. The van der Waals surface area contributed by atoms with Gasteiger partial charge in [-0.05, 0) is 31.2 Å². The summed E-state index contributed by atoms with van der Waals surface area (Å²) >= 11 is 5.84. The third-order valence-electron chi connectivity index (χ3n) is 2.89. The van der Waals surface area contributed by atoms with Crippen molar-refractivity contribution >= 4 is 17.3 Å². The predicted molar refractivity (Wildman–Crippen MR) is 65.7 cm³/mol. The van der Waals surface area contributed by atoms with Crippen LogP contribution in [0.2, 0.25) is 5.02 Å². The highest BCUT2D eigenvalue weighted by atomic mass is 35.5. The van der Waals surface area contributed by atoms with Crippen molar-refractivity contribution in [2.45, 2.75) is 19.4 Å². The Kier molecular flexibility index (Phi) is 3.66. The van der Waals surface area contributed by atoms with Crippen LogP contribution in [0.3, 0.4) is 0 Å². The van der Waals surface area contributed by atoms with Gasteiger partial charge in [0.2, 0.25) is 0 Å². The van der Waals surface area contributed by atoms with Gasteiger partial charge in [-0.2, -0.15) is 0 Å². The van der Waals surface area contributed by atoms with Crippen molar-refractivity contribution in [3.8, 4) is 0 Å². The maximum absolute atomic E-state index is 13.2. The normalized spacial score (nSPS) is 20.4. The first-order valence-corrected chi connectivity index (χ1v) is 6.01. The molecular formula is C12H16ClFN2. The Hall–Kier alpha value is -0.800. The van der Waals surface area contributed by atoms with Crippen molar-refractivity contribution in [3.63, 3.8) is 0 Å². The summed E-state index contributed by atoms with van der Waals surface area (Å²) in [5.41, 5.74) is 0.880. The van der Waals surface area contributed by atoms with Crippen molar-refractivity contribution < 1.29 is 4.39 Å². The second-order valence-electron chi connectivity index (χ2n) is 4.12. The predicted octanol–water partition coefficient (Wildman–Crippen LogP) is 2.67. The molecule has 1 N–H and O–H groups in total. The lowest BCUT2D eigenvalue weighted by molar-refractivity contribution is 0.571. The third kappa shape index (κ3) is 2.66. The summed E-state index contributed by atoms with van der Waals surface area (Å²) in [6, 6.07) is 5.20. The van der Waals surface area contributed by atoms with Crippen LogP contribution in [0.15, 0.2) is 18.2 Å². The van der Waals surface area contributed by atoms with Crippen molar-refractivity contribution in [3.05, 3.63) is 29.0 Å². The maximum Gasteiger partial charge on any atom is 0.126 e. The van der Waals surface area contributed by atoms with Crippen LogP contribution in [-0.2, 0) is 0 Å². The first-order valence-electron chi connectivity index (χ1n) is 5.63. The minimum absolute atomic E-state index is 0.269. The van der Waals surface area contributed by atoms with E-state index in [0.29, 0.717) is 11.1 Å². The highest BCUT2D eigenvalue weighted by molar-refractivity contribution is 6.30. The molecule has 1 saturated heterocycles. The van der Waals surface area contributed by atoms with E-state index in [-0.39, 0.29) is 5.82 Å². The summed E-state index contributed by atoms with van der Waals surface area (Å²) in [4.78, 5) is 2.17. The average molecular weight is 243 g/mol. The molecule has 0 amide bonds. The Labute approximate surface area is 100 Å². The Morgan fingerprint density at radius 1 is 1.50 bits per heavy atom. The van der Waals surface area contributed by atoms with Crippen LogP contribution in [0, 0.1) is 5.82 Å². The zero-order valence-electron chi connectivity index (χ0n) is 9.34. The quantitative estimate of drug-likeness (QED) is 0.877. The van der Waals surface area contributed by atoms with Crippen LogP contribution in [0.25, 0.3) is 0 Å². The van der Waals surface area contributed by atoms with Crippen LogP contribution in [0.5, 0.6) is 0 Å². The molecule has 1 unspecified atom stereocenters. The minimum Gasteiger partial charge on any atom is -0.370 e. The first kappa shape index (κ1) is 11.7. The van der Waals surface area contributed by atoms with Gasteiger partial charge in [0.25, 0.3) is 0 Å². The second-order valence-corrected chi connectivity index (χ2v) is 4.55. The van der Waals surface area contributed by atoms with Gasteiger partial charge < -0.3 is 10.2 Å². The Morgan fingerprint density at radius 2 is 2.31 bits per heavy atom. The lowest BCUT2D eigenvalue weighted by atomic mass is 10.2. The SMILES string of the molecule is CCNC1CCN(c2cc(F)cc(Cl)c2)C1. The largest absolute Gasteiger partial charge is 0.370 e. The number of halogens is 2. The van der Waals surface area contributed by atoms with Crippen LogP contribution in [0.1, 0.15) is 13.3 Å². The van der Waals surface area contributed by atoms with E-state index < -0.39 is 0 Å². The second kappa shape index (κ2) is 5.02. The van der Waals surface area contributed by atoms with E-state index in [4.69, 9.17) is 11.6 Å². The first-order chi connectivity index (χ1) is 7.69. The van der Waals surface area contributed by atoms with Crippen LogP contribution < -0.4 is 10.2 Å². The van der Waals surface area contributed by atoms with Crippen LogP contribution in [0.4, 0.5) is 10.1 Å². The lowest BCUT2D eigenvalue weighted by Crippen LogP contribution is -2.32. The topological polar surface area (TPSA) is 15.3 Å². The molecule has 0 aromatic heterocycles. The van der Waals surface area contributed by atoms with E-state index in [0.717, 1.165) is 31.7 Å². The molecule has 0 radical (unpaired) electrons.